The predicted molar refractivity (Wildman–Crippen MR) is 57.3 cm³/mol. The molecule has 0 radical (unpaired) electrons. The second-order valence-electron chi connectivity index (χ2n) is 2.90. The number of ether oxygens (including phenoxy) is 1. The Bertz CT molecular complexity index is 431. The number of benzene rings is 1. The largest absolute Gasteiger partial charge is 0.497 e. The van der Waals surface area contributed by atoms with Gasteiger partial charge in [-0.05, 0) is 18.2 Å². The van der Waals surface area contributed by atoms with Gasteiger partial charge in [0.15, 0.2) is 0 Å². The summed E-state index contributed by atoms with van der Waals surface area (Å²) >= 11 is 1.73. The smallest absolute Gasteiger partial charge is 0.120 e. The molecule has 70 valence electrons. The monoisotopic (exact) mass is 203 g/mol. The summed E-state index contributed by atoms with van der Waals surface area (Å²) in [5, 5.41) is 8.91. The highest BCUT2D eigenvalue weighted by Crippen LogP contribution is 2.35. The summed E-state index contributed by atoms with van der Waals surface area (Å²) in [6.07, 6.45) is 1.96. The van der Waals surface area contributed by atoms with E-state index in [9.17, 15) is 0 Å². The Morgan fingerprint density at radius 2 is 2.36 bits per heavy atom. The predicted octanol–water partition coefficient (Wildman–Crippen LogP) is 2.71. The summed E-state index contributed by atoms with van der Waals surface area (Å²) in [6, 6.07) is 8.01. The van der Waals surface area contributed by atoms with E-state index in [-0.39, 0.29) is 0 Å². The minimum atomic E-state index is 0.765. The van der Waals surface area contributed by atoms with E-state index in [0.29, 0.717) is 0 Å². The fourth-order valence-corrected chi connectivity index (χ4v) is 2.36. The van der Waals surface area contributed by atoms with Crippen LogP contribution in [0.2, 0.25) is 0 Å². The molecule has 0 fully saturated rings. The van der Waals surface area contributed by atoms with Gasteiger partial charge in [0, 0.05) is 16.2 Å². The highest BCUT2D eigenvalue weighted by molar-refractivity contribution is 7.99. The van der Waals surface area contributed by atoms with Crippen molar-refractivity contribution < 1.29 is 4.74 Å². The van der Waals surface area contributed by atoms with Crippen LogP contribution in [0.3, 0.4) is 0 Å². The zero-order chi connectivity index (χ0) is 9.97. The van der Waals surface area contributed by atoms with Crippen molar-refractivity contribution in [2.45, 2.75) is 4.90 Å². The molecule has 1 aromatic rings. The Kier molecular flexibility index (Phi) is 2.47. The van der Waals surface area contributed by atoms with Gasteiger partial charge in [-0.3, -0.25) is 0 Å². The normalized spacial score (nSPS) is 13.9. The quantitative estimate of drug-likeness (QED) is 0.703. The standard InChI is InChI=1S/C11H9NOS/c1-13-9-2-3-10-8(7-12)4-5-14-11(10)6-9/h2-4,6H,5H2,1H3. The number of methoxy groups -OCH3 is 1. The van der Waals surface area contributed by atoms with Gasteiger partial charge in [0.2, 0.25) is 0 Å². The molecule has 0 saturated heterocycles. The fourth-order valence-electron chi connectivity index (χ4n) is 1.40. The summed E-state index contributed by atoms with van der Waals surface area (Å²) in [7, 11) is 1.65. The summed E-state index contributed by atoms with van der Waals surface area (Å²) < 4.78 is 5.13. The van der Waals surface area contributed by atoms with E-state index in [1.165, 1.54) is 0 Å². The van der Waals surface area contributed by atoms with Gasteiger partial charge >= 0.3 is 0 Å². The Morgan fingerprint density at radius 3 is 3.07 bits per heavy atom. The molecule has 1 aliphatic rings. The molecule has 0 bridgehead atoms. The minimum Gasteiger partial charge on any atom is -0.497 e. The van der Waals surface area contributed by atoms with Crippen LogP contribution in [0.5, 0.6) is 5.75 Å². The Hall–Kier alpha value is -1.40. The highest BCUT2D eigenvalue weighted by atomic mass is 32.2. The molecule has 1 aliphatic heterocycles. The summed E-state index contributed by atoms with van der Waals surface area (Å²) in [4.78, 5) is 1.13. The average molecular weight is 203 g/mol. The topological polar surface area (TPSA) is 33.0 Å². The molecule has 0 spiro atoms. The lowest BCUT2D eigenvalue weighted by atomic mass is 10.1. The molecule has 0 atom stereocenters. The third kappa shape index (κ3) is 1.49. The molecule has 1 heterocycles. The van der Waals surface area contributed by atoms with Crippen molar-refractivity contribution in [2.24, 2.45) is 0 Å². The average Bonchev–Trinajstić information content (AvgIpc) is 2.27. The lowest BCUT2D eigenvalue weighted by molar-refractivity contribution is 0.413. The van der Waals surface area contributed by atoms with Crippen LogP contribution < -0.4 is 4.74 Å². The van der Waals surface area contributed by atoms with Crippen LogP contribution in [0.25, 0.3) is 5.57 Å². The van der Waals surface area contributed by atoms with E-state index < -0.39 is 0 Å². The molecule has 1 aromatic carbocycles. The molecule has 0 aromatic heterocycles. The lowest BCUT2D eigenvalue weighted by Crippen LogP contribution is -1.94. The van der Waals surface area contributed by atoms with Crippen molar-refractivity contribution in [2.75, 3.05) is 12.9 Å². The van der Waals surface area contributed by atoms with E-state index in [4.69, 9.17) is 10.00 Å². The van der Waals surface area contributed by atoms with Crippen LogP contribution in [0, 0.1) is 11.3 Å². The number of fused-ring (bicyclic) bond motifs is 1. The van der Waals surface area contributed by atoms with E-state index in [0.717, 1.165) is 27.5 Å². The number of nitrogens with zero attached hydrogens (tertiary/aromatic N) is 1. The van der Waals surface area contributed by atoms with E-state index in [1.807, 2.05) is 24.3 Å². The first-order chi connectivity index (χ1) is 6.85. The zero-order valence-electron chi connectivity index (χ0n) is 7.78. The first-order valence-electron chi connectivity index (χ1n) is 4.26. The maximum atomic E-state index is 8.91. The van der Waals surface area contributed by atoms with Crippen molar-refractivity contribution in [3.63, 3.8) is 0 Å². The summed E-state index contributed by atoms with van der Waals surface area (Å²) in [5.74, 6) is 1.71. The molecule has 2 nitrogen and oxygen atoms in total. The van der Waals surface area contributed by atoms with Gasteiger partial charge in [-0.2, -0.15) is 5.26 Å². The van der Waals surface area contributed by atoms with Gasteiger partial charge in [-0.25, -0.2) is 0 Å². The first-order valence-corrected chi connectivity index (χ1v) is 5.25. The van der Waals surface area contributed by atoms with Crippen LogP contribution in [0.1, 0.15) is 5.56 Å². The summed E-state index contributed by atoms with van der Waals surface area (Å²) in [5.41, 5.74) is 1.78. The van der Waals surface area contributed by atoms with Gasteiger partial charge in [0.05, 0.1) is 18.8 Å². The SMILES string of the molecule is COc1ccc2c(c1)SCC=C2C#N. The van der Waals surface area contributed by atoms with Crippen LogP contribution in [-0.4, -0.2) is 12.9 Å². The van der Waals surface area contributed by atoms with Crippen molar-refractivity contribution in [1.82, 2.24) is 0 Å². The molecule has 0 N–H and O–H groups in total. The van der Waals surface area contributed by atoms with Crippen molar-refractivity contribution >= 4 is 17.3 Å². The number of rotatable bonds is 1. The van der Waals surface area contributed by atoms with Crippen molar-refractivity contribution in [3.05, 3.63) is 29.8 Å². The number of hydrogen-bond acceptors (Lipinski definition) is 3. The van der Waals surface area contributed by atoms with Crippen LogP contribution in [0.15, 0.2) is 29.2 Å². The van der Waals surface area contributed by atoms with E-state index >= 15 is 0 Å². The fraction of sp³-hybridized carbons (Fsp3) is 0.182. The molecule has 3 heteroatoms. The Morgan fingerprint density at radius 1 is 1.50 bits per heavy atom. The molecule has 0 saturated carbocycles. The Labute approximate surface area is 87.2 Å². The molecule has 0 unspecified atom stereocenters. The number of allylic oxidation sites excluding steroid dienone is 1. The summed E-state index contributed by atoms with van der Waals surface area (Å²) in [6.45, 7) is 0. The number of nitriles is 1. The third-order valence-electron chi connectivity index (χ3n) is 2.13. The van der Waals surface area contributed by atoms with Gasteiger partial charge < -0.3 is 4.74 Å². The maximum absolute atomic E-state index is 8.91. The molecule has 0 amide bonds. The molecule has 2 rings (SSSR count). The molecular weight excluding hydrogens is 194 g/mol. The van der Waals surface area contributed by atoms with Crippen molar-refractivity contribution in [1.29, 1.82) is 5.26 Å². The number of hydrogen-bond donors (Lipinski definition) is 0. The minimum absolute atomic E-state index is 0.765. The molecular formula is C11H9NOS. The van der Waals surface area contributed by atoms with E-state index in [2.05, 4.69) is 6.07 Å². The highest BCUT2D eigenvalue weighted by Gasteiger charge is 2.13. The van der Waals surface area contributed by atoms with Gasteiger partial charge in [-0.15, -0.1) is 11.8 Å². The van der Waals surface area contributed by atoms with Gasteiger partial charge in [-0.1, -0.05) is 6.08 Å². The zero-order valence-corrected chi connectivity index (χ0v) is 8.60. The molecule has 0 aliphatic carbocycles. The first kappa shape index (κ1) is 9.17. The molecule has 14 heavy (non-hydrogen) atoms. The van der Waals surface area contributed by atoms with Gasteiger partial charge in [0.1, 0.15) is 5.75 Å². The van der Waals surface area contributed by atoms with E-state index in [1.54, 1.807) is 18.9 Å². The second kappa shape index (κ2) is 3.77. The Balaban J connectivity index is 2.50. The third-order valence-corrected chi connectivity index (χ3v) is 3.11. The van der Waals surface area contributed by atoms with Gasteiger partial charge in [0.25, 0.3) is 0 Å². The maximum Gasteiger partial charge on any atom is 0.120 e. The van der Waals surface area contributed by atoms with Crippen LogP contribution >= 0.6 is 11.8 Å². The lowest BCUT2D eigenvalue weighted by Gasteiger charge is -2.13. The number of thioether (sulfide) groups is 1. The van der Waals surface area contributed by atoms with Crippen LogP contribution in [-0.2, 0) is 0 Å². The second-order valence-corrected chi connectivity index (χ2v) is 3.96. The van der Waals surface area contributed by atoms with Crippen LogP contribution in [0.4, 0.5) is 0 Å². The van der Waals surface area contributed by atoms with Crippen molar-refractivity contribution in [3.8, 4) is 11.8 Å².